The summed E-state index contributed by atoms with van der Waals surface area (Å²) >= 11 is 0. The Morgan fingerprint density at radius 3 is 2.41 bits per heavy atom. The molecule has 1 spiro atoms. The lowest BCUT2D eigenvalue weighted by Crippen LogP contribution is -2.52. The number of likely N-dealkylation sites (N-methyl/N-ethyl adjacent to an activating group) is 1. The fraction of sp³-hybridized carbons (Fsp3) is 0.655. The first-order valence-electron chi connectivity index (χ1n) is 14.3. The van der Waals surface area contributed by atoms with Crippen LogP contribution in [0.5, 0.6) is 0 Å². The fourth-order valence-electron chi connectivity index (χ4n) is 5.94. The Bertz CT molecular complexity index is 1140. The lowest BCUT2D eigenvalue weighted by Gasteiger charge is -2.47. The minimum Gasteiger partial charge on any atom is -0.366 e. The SMILES string of the molecule is CCNC1=NC2(CCC(C(C)(C)C)CC2)N([C@H](CCC(C)C)c2ccc(C(=O)NCc3nn[nH]n3)cc2)C1=O. The normalized spacial score (nSPS) is 22.3. The lowest BCUT2D eigenvalue weighted by molar-refractivity contribution is -0.134. The molecule has 10 nitrogen and oxygen atoms in total. The minimum absolute atomic E-state index is 0.0123. The van der Waals surface area contributed by atoms with Gasteiger partial charge in [-0.05, 0) is 80.4 Å². The number of aromatic nitrogens is 4. The third-order valence-electron chi connectivity index (χ3n) is 8.23. The highest BCUT2D eigenvalue weighted by Crippen LogP contribution is 2.49. The number of tetrazole rings is 1. The summed E-state index contributed by atoms with van der Waals surface area (Å²) in [6, 6.07) is 7.52. The fourth-order valence-corrected chi connectivity index (χ4v) is 5.94. The van der Waals surface area contributed by atoms with E-state index in [9.17, 15) is 9.59 Å². The zero-order chi connectivity index (χ0) is 28.2. The van der Waals surface area contributed by atoms with Crippen LogP contribution in [0.15, 0.2) is 29.3 Å². The molecule has 1 aromatic carbocycles. The van der Waals surface area contributed by atoms with Crippen molar-refractivity contribution in [1.29, 1.82) is 0 Å². The predicted molar refractivity (Wildman–Crippen MR) is 151 cm³/mol. The topological polar surface area (TPSA) is 128 Å². The van der Waals surface area contributed by atoms with Crippen molar-refractivity contribution in [1.82, 2.24) is 36.2 Å². The molecule has 0 unspecified atom stereocenters. The van der Waals surface area contributed by atoms with Crippen LogP contribution in [-0.4, -0.2) is 55.4 Å². The average Bonchev–Trinajstić information content (AvgIpc) is 3.50. The number of nitrogens with one attached hydrogen (secondary N) is 3. The quantitative estimate of drug-likeness (QED) is 0.436. The molecule has 10 heteroatoms. The van der Waals surface area contributed by atoms with Gasteiger partial charge in [-0.1, -0.05) is 52.0 Å². The third-order valence-corrected chi connectivity index (χ3v) is 8.23. The molecule has 4 rings (SSSR count). The first kappa shape index (κ1) is 28.7. The molecular formula is C29H44N8O2. The van der Waals surface area contributed by atoms with Gasteiger partial charge >= 0.3 is 0 Å². The van der Waals surface area contributed by atoms with Gasteiger partial charge in [0, 0.05) is 12.1 Å². The van der Waals surface area contributed by atoms with Crippen LogP contribution in [0.2, 0.25) is 0 Å². The summed E-state index contributed by atoms with van der Waals surface area (Å²) < 4.78 is 0. The second-order valence-electron chi connectivity index (χ2n) is 12.4. The van der Waals surface area contributed by atoms with Gasteiger partial charge in [0.2, 0.25) is 0 Å². The second-order valence-corrected chi connectivity index (χ2v) is 12.4. The van der Waals surface area contributed by atoms with Crippen molar-refractivity contribution in [3.05, 3.63) is 41.2 Å². The molecular weight excluding hydrogens is 492 g/mol. The van der Waals surface area contributed by atoms with Gasteiger partial charge in [-0.3, -0.25) is 9.59 Å². The number of aliphatic imine (C=N–C) groups is 1. The summed E-state index contributed by atoms with van der Waals surface area (Å²) in [4.78, 5) is 33.8. The van der Waals surface area contributed by atoms with Crippen molar-refractivity contribution in [2.24, 2.45) is 22.2 Å². The van der Waals surface area contributed by atoms with Crippen LogP contribution in [-0.2, 0) is 11.3 Å². The van der Waals surface area contributed by atoms with Crippen molar-refractivity contribution in [2.75, 3.05) is 6.54 Å². The Morgan fingerprint density at radius 2 is 1.85 bits per heavy atom. The molecule has 2 heterocycles. The molecule has 2 aromatic rings. The standard InChI is InChI=1S/C29H44N8O2/c1-7-30-25-27(39)37(29(32-25)16-14-22(15-17-29)28(4,5)6)23(13-8-19(2)3)20-9-11-21(12-10-20)26(38)31-18-24-33-35-36-34-24/h9-12,19,22-23H,7-8,13-18H2,1-6H3,(H,30,32)(H,31,38)(H,33,34,35,36)/t22?,23-,29?/m1/s1. The number of nitrogens with zero attached hydrogens (tertiary/aromatic N) is 5. The summed E-state index contributed by atoms with van der Waals surface area (Å²) in [6.45, 7) is 14.2. The molecule has 1 aliphatic carbocycles. The van der Waals surface area contributed by atoms with E-state index < -0.39 is 5.66 Å². The summed E-state index contributed by atoms with van der Waals surface area (Å²) in [7, 11) is 0. The van der Waals surface area contributed by atoms with E-state index in [-0.39, 0.29) is 29.8 Å². The van der Waals surface area contributed by atoms with Crippen molar-refractivity contribution in [3.63, 3.8) is 0 Å². The maximum Gasteiger partial charge on any atom is 0.291 e. The number of H-pyrrole nitrogens is 1. The van der Waals surface area contributed by atoms with Gasteiger partial charge in [0.1, 0.15) is 5.66 Å². The predicted octanol–water partition coefficient (Wildman–Crippen LogP) is 4.39. The van der Waals surface area contributed by atoms with Crippen LogP contribution >= 0.6 is 0 Å². The monoisotopic (exact) mass is 536 g/mol. The highest BCUT2D eigenvalue weighted by molar-refractivity contribution is 6.39. The maximum absolute atomic E-state index is 13.9. The molecule has 0 radical (unpaired) electrons. The summed E-state index contributed by atoms with van der Waals surface area (Å²) in [5.41, 5.74) is 1.28. The molecule has 0 bridgehead atoms. The van der Waals surface area contributed by atoms with Gasteiger partial charge in [-0.2, -0.15) is 5.21 Å². The van der Waals surface area contributed by atoms with Crippen LogP contribution in [0.4, 0.5) is 0 Å². The first-order valence-corrected chi connectivity index (χ1v) is 14.3. The largest absolute Gasteiger partial charge is 0.366 e. The van der Waals surface area contributed by atoms with E-state index in [1.807, 2.05) is 31.2 Å². The number of benzene rings is 1. The Kier molecular flexibility index (Phi) is 8.71. The van der Waals surface area contributed by atoms with Crippen molar-refractivity contribution >= 4 is 17.6 Å². The van der Waals surface area contributed by atoms with Gasteiger partial charge in [-0.25, -0.2) is 4.99 Å². The van der Waals surface area contributed by atoms with Crippen molar-refractivity contribution < 1.29 is 9.59 Å². The number of amides is 2. The van der Waals surface area contributed by atoms with Crippen LogP contribution < -0.4 is 10.6 Å². The molecule has 3 N–H and O–H groups in total. The van der Waals surface area contributed by atoms with E-state index in [4.69, 9.17) is 4.99 Å². The van der Waals surface area contributed by atoms with E-state index in [0.29, 0.717) is 35.6 Å². The molecule has 39 heavy (non-hydrogen) atoms. The Morgan fingerprint density at radius 1 is 1.15 bits per heavy atom. The van der Waals surface area contributed by atoms with Crippen molar-refractivity contribution in [2.45, 2.75) is 98.3 Å². The number of hydrogen-bond donors (Lipinski definition) is 3. The van der Waals surface area contributed by atoms with E-state index >= 15 is 0 Å². The highest BCUT2D eigenvalue weighted by atomic mass is 16.2. The zero-order valence-corrected chi connectivity index (χ0v) is 24.3. The lowest BCUT2D eigenvalue weighted by atomic mass is 9.69. The Balaban J connectivity index is 1.60. The molecule has 212 valence electrons. The summed E-state index contributed by atoms with van der Waals surface area (Å²) in [6.07, 6.45) is 5.65. The van der Waals surface area contributed by atoms with Crippen LogP contribution in [0.25, 0.3) is 0 Å². The molecule has 1 aromatic heterocycles. The van der Waals surface area contributed by atoms with Gasteiger partial charge < -0.3 is 15.5 Å². The number of amidine groups is 1. The zero-order valence-electron chi connectivity index (χ0n) is 24.3. The summed E-state index contributed by atoms with van der Waals surface area (Å²) in [5.74, 6) is 1.79. The third kappa shape index (κ3) is 6.47. The number of rotatable bonds is 9. The number of hydrogen-bond acceptors (Lipinski definition) is 7. The molecule has 1 aliphatic heterocycles. The highest BCUT2D eigenvalue weighted by Gasteiger charge is 2.52. The second kappa shape index (κ2) is 11.8. The van der Waals surface area contributed by atoms with Crippen LogP contribution in [0.3, 0.4) is 0 Å². The molecule has 2 aliphatic rings. The van der Waals surface area contributed by atoms with Crippen molar-refractivity contribution in [3.8, 4) is 0 Å². The average molecular weight is 537 g/mol. The van der Waals surface area contributed by atoms with Gasteiger partial charge in [0.15, 0.2) is 11.7 Å². The molecule has 1 atom stereocenters. The van der Waals surface area contributed by atoms with E-state index in [1.54, 1.807) is 0 Å². The number of carbonyl (C=O) groups excluding carboxylic acids is 2. The van der Waals surface area contributed by atoms with E-state index in [2.05, 4.69) is 70.8 Å². The molecule has 1 fully saturated rings. The van der Waals surface area contributed by atoms with Gasteiger partial charge in [0.05, 0.1) is 12.6 Å². The smallest absolute Gasteiger partial charge is 0.291 e. The van der Waals surface area contributed by atoms with E-state index in [0.717, 1.165) is 44.1 Å². The van der Waals surface area contributed by atoms with Gasteiger partial charge in [0.25, 0.3) is 11.8 Å². The molecule has 0 saturated heterocycles. The number of carbonyl (C=O) groups is 2. The van der Waals surface area contributed by atoms with E-state index in [1.165, 1.54) is 0 Å². The summed E-state index contributed by atoms with van der Waals surface area (Å²) in [5, 5.41) is 19.7. The maximum atomic E-state index is 13.9. The number of aromatic amines is 1. The Labute approximate surface area is 231 Å². The Hall–Kier alpha value is -3.30. The van der Waals surface area contributed by atoms with Gasteiger partial charge in [-0.15, -0.1) is 10.2 Å². The van der Waals surface area contributed by atoms with Crippen LogP contribution in [0, 0.1) is 17.3 Å². The molecule has 1 saturated carbocycles. The van der Waals surface area contributed by atoms with Crippen LogP contribution in [0.1, 0.15) is 108 Å². The first-order chi connectivity index (χ1) is 18.5. The molecule has 2 amide bonds. The minimum atomic E-state index is -0.529.